The number of halogens is 1. The minimum absolute atomic E-state index is 0.0770. The number of hydrogen-bond acceptors (Lipinski definition) is 4. The highest BCUT2D eigenvalue weighted by Crippen LogP contribution is 2.30. The molecule has 4 rings (SSSR count). The first-order valence-electron chi connectivity index (χ1n) is 8.17. The molecule has 2 aromatic heterocycles. The van der Waals surface area contributed by atoms with Gasteiger partial charge in [0, 0.05) is 23.6 Å². The van der Waals surface area contributed by atoms with Gasteiger partial charge in [0.1, 0.15) is 17.1 Å². The highest BCUT2D eigenvalue weighted by atomic mass is 19.1. The molecule has 0 aliphatic carbocycles. The van der Waals surface area contributed by atoms with Crippen molar-refractivity contribution in [1.82, 2.24) is 25.3 Å². The van der Waals surface area contributed by atoms with Crippen LogP contribution in [0.5, 0.6) is 0 Å². The summed E-state index contributed by atoms with van der Waals surface area (Å²) < 4.78 is 13.3. The van der Waals surface area contributed by atoms with Crippen LogP contribution in [-0.4, -0.2) is 49.4 Å². The molecule has 1 aliphatic heterocycles. The SMILES string of the molecule is O=C(Cc1c[nH]c2cc(F)ccc12)N1CCCC(O)(c2cn[nH]n2)C1. The lowest BCUT2D eigenvalue weighted by Crippen LogP contribution is -2.49. The summed E-state index contributed by atoms with van der Waals surface area (Å²) in [4.78, 5) is 17.4. The van der Waals surface area contributed by atoms with Gasteiger partial charge in [0.15, 0.2) is 0 Å². The lowest BCUT2D eigenvalue weighted by molar-refractivity contribution is -0.138. The van der Waals surface area contributed by atoms with Crippen LogP contribution < -0.4 is 0 Å². The van der Waals surface area contributed by atoms with Gasteiger partial charge in [0.25, 0.3) is 0 Å². The van der Waals surface area contributed by atoms with Crippen molar-refractivity contribution in [1.29, 1.82) is 0 Å². The standard InChI is InChI=1S/C17H18FN5O2/c18-12-2-3-13-11(8-19-14(13)7-12)6-16(24)23-5-1-4-17(25,10-23)15-9-20-22-21-15/h2-3,7-9,19,25H,1,4-6,10H2,(H,20,21,22). The van der Waals surface area contributed by atoms with Gasteiger partial charge in [-0.15, -0.1) is 0 Å². The highest BCUT2D eigenvalue weighted by Gasteiger charge is 2.38. The van der Waals surface area contributed by atoms with Crippen LogP contribution in [0.25, 0.3) is 10.9 Å². The molecule has 0 saturated carbocycles. The molecule has 130 valence electrons. The van der Waals surface area contributed by atoms with E-state index in [1.54, 1.807) is 17.2 Å². The Kier molecular flexibility index (Phi) is 3.76. The zero-order valence-corrected chi connectivity index (χ0v) is 13.5. The van der Waals surface area contributed by atoms with Crippen molar-refractivity contribution in [3.8, 4) is 0 Å². The summed E-state index contributed by atoms with van der Waals surface area (Å²) in [6, 6.07) is 4.47. The van der Waals surface area contributed by atoms with Gasteiger partial charge in [-0.25, -0.2) is 4.39 Å². The molecule has 0 bridgehead atoms. The van der Waals surface area contributed by atoms with Crippen LogP contribution in [-0.2, 0) is 16.8 Å². The number of hydrogen-bond donors (Lipinski definition) is 3. The molecule has 3 N–H and O–H groups in total. The molecule has 1 unspecified atom stereocenters. The molecular weight excluding hydrogens is 325 g/mol. The maximum Gasteiger partial charge on any atom is 0.227 e. The lowest BCUT2D eigenvalue weighted by Gasteiger charge is -2.38. The first-order valence-corrected chi connectivity index (χ1v) is 8.17. The molecule has 1 fully saturated rings. The topological polar surface area (TPSA) is 97.9 Å². The summed E-state index contributed by atoms with van der Waals surface area (Å²) in [5, 5.41) is 21.9. The van der Waals surface area contributed by atoms with E-state index in [0.717, 1.165) is 10.9 Å². The number of likely N-dealkylation sites (tertiary alicyclic amines) is 1. The van der Waals surface area contributed by atoms with Crippen molar-refractivity contribution in [3.05, 3.63) is 47.7 Å². The molecule has 0 radical (unpaired) electrons. The maximum atomic E-state index is 13.3. The highest BCUT2D eigenvalue weighted by molar-refractivity contribution is 5.89. The fourth-order valence-corrected chi connectivity index (χ4v) is 3.46. The minimum atomic E-state index is -1.18. The minimum Gasteiger partial charge on any atom is -0.382 e. The largest absolute Gasteiger partial charge is 0.382 e. The predicted octanol–water partition coefficient (Wildman–Crippen LogP) is 1.48. The molecule has 25 heavy (non-hydrogen) atoms. The average Bonchev–Trinajstić information content (AvgIpc) is 3.25. The molecule has 1 aromatic carbocycles. The van der Waals surface area contributed by atoms with Crippen molar-refractivity contribution >= 4 is 16.8 Å². The van der Waals surface area contributed by atoms with E-state index in [2.05, 4.69) is 20.4 Å². The van der Waals surface area contributed by atoms with Crippen LogP contribution in [0.2, 0.25) is 0 Å². The Morgan fingerprint density at radius 1 is 1.44 bits per heavy atom. The van der Waals surface area contributed by atoms with Crippen LogP contribution in [0.15, 0.2) is 30.6 Å². The van der Waals surface area contributed by atoms with E-state index in [-0.39, 0.29) is 24.7 Å². The summed E-state index contributed by atoms with van der Waals surface area (Å²) in [7, 11) is 0. The molecule has 1 atom stereocenters. The summed E-state index contributed by atoms with van der Waals surface area (Å²) in [5.41, 5.74) is 0.758. The van der Waals surface area contributed by atoms with E-state index in [1.807, 2.05) is 0 Å². The molecular formula is C17H18FN5O2. The van der Waals surface area contributed by atoms with Crippen LogP contribution in [0, 0.1) is 5.82 Å². The van der Waals surface area contributed by atoms with E-state index >= 15 is 0 Å². The number of nitrogens with zero attached hydrogens (tertiary/aromatic N) is 3. The first-order chi connectivity index (χ1) is 12.0. The van der Waals surface area contributed by atoms with Gasteiger partial charge in [-0.1, -0.05) is 0 Å². The van der Waals surface area contributed by atoms with Gasteiger partial charge in [-0.3, -0.25) is 4.79 Å². The molecule has 1 saturated heterocycles. The number of piperidine rings is 1. The van der Waals surface area contributed by atoms with Crippen molar-refractivity contribution in [3.63, 3.8) is 0 Å². The van der Waals surface area contributed by atoms with Gasteiger partial charge in [-0.2, -0.15) is 15.4 Å². The third-order valence-corrected chi connectivity index (χ3v) is 4.79. The van der Waals surface area contributed by atoms with E-state index in [0.29, 0.717) is 30.6 Å². The van der Waals surface area contributed by atoms with Crippen LogP contribution in [0.3, 0.4) is 0 Å². The second-order valence-electron chi connectivity index (χ2n) is 6.49. The number of aromatic amines is 2. The number of carbonyl (C=O) groups is 1. The summed E-state index contributed by atoms with van der Waals surface area (Å²) in [6.45, 7) is 0.783. The average molecular weight is 343 g/mol. The second-order valence-corrected chi connectivity index (χ2v) is 6.49. The van der Waals surface area contributed by atoms with Crippen molar-refractivity contribution in [2.24, 2.45) is 0 Å². The smallest absolute Gasteiger partial charge is 0.227 e. The summed E-state index contributed by atoms with van der Waals surface area (Å²) in [6.07, 6.45) is 4.64. The monoisotopic (exact) mass is 343 g/mol. The number of carbonyl (C=O) groups excluding carboxylic acids is 1. The van der Waals surface area contributed by atoms with Crippen LogP contribution >= 0.6 is 0 Å². The molecule has 8 heteroatoms. The fourth-order valence-electron chi connectivity index (χ4n) is 3.46. The quantitative estimate of drug-likeness (QED) is 0.671. The van der Waals surface area contributed by atoms with Gasteiger partial charge >= 0.3 is 0 Å². The van der Waals surface area contributed by atoms with Crippen LogP contribution in [0.1, 0.15) is 24.1 Å². The Balaban J connectivity index is 1.52. The number of amides is 1. The zero-order chi connectivity index (χ0) is 17.4. The summed E-state index contributed by atoms with van der Waals surface area (Å²) >= 11 is 0. The third-order valence-electron chi connectivity index (χ3n) is 4.79. The number of nitrogens with one attached hydrogen (secondary N) is 2. The number of aliphatic hydroxyl groups is 1. The van der Waals surface area contributed by atoms with Gasteiger partial charge in [0.05, 0.1) is 19.2 Å². The van der Waals surface area contributed by atoms with E-state index in [4.69, 9.17) is 0 Å². The Morgan fingerprint density at radius 3 is 3.12 bits per heavy atom. The van der Waals surface area contributed by atoms with E-state index in [9.17, 15) is 14.3 Å². The number of fused-ring (bicyclic) bond motifs is 1. The van der Waals surface area contributed by atoms with Crippen LogP contribution in [0.4, 0.5) is 4.39 Å². The van der Waals surface area contributed by atoms with E-state index < -0.39 is 5.60 Å². The van der Waals surface area contributed by atoms with Crippen molar-refractivity contribution in [2.45, 2.75) is 24.9 Å². The summed E-state index contributed by atoms with van der Waals surface area (Å²) in [5.74, 6) is -0.396. The Morgan fingerprint density at radius 2 is 2.32 bits per heavy atom. The zero-order valence-electron chi connectivity index (χ0n) is 13.5. The number of β-amino-alcohol motifs (C(OH)–C–C–N with tert-alkyl or cyclic N) is 1. The van der Waals surface area contributed by atoms with Gasteiger partial charge < -0.3 is 15.0 Å². The maximum absolute atomic E-state index is 13.3. The predicted molar refractivity (Wildman–Crippen MR) is 88.1 cm³/mol. The van der Waals surface area contributed by atoms with Gasteiger partial charge in [0.2, 0.25) is 5.91 Å². The molecule has 0 spiro atoms. The van der Waals surface area contributed by atoms with Crippen molar-refractivity contribution in [2.75, 3.05) is 13.1 Å². The number of H-pyrrole nitrogens is 2. The number of aromatic nitrogens is 4. The Bertz CT molecular complexity index is 907. The van der Waals surface area contributed by atoms with E-state index in [1.165, 1.54) is 18.3 Å². The first kappa shape index (κ1) is 15.8. The molecule has 3 heterocycles. The lowest BCUT2D eigenvalue weighted by atomic mass is 9.89. The molecule has 7 nitrogen and oxygen atoms in total. The Hall–Kier alpha value is -2.74. The Labute approximate surface area is 142 Å². The van der Waals surface area contributed by atoms with Gasteiger partial charge in [-0.05, 0) is 36.6 Å². The third kappa shape index (κ3) is 2.89. The molecule has 3 aromatic rings. The molecule has 1 amide bonds. The second kappa shape index (κ2) is 5.96. The fraction of sp³-hybridized carbons (Fsp3) is 0.353. The normalized spacial score (nSPS) is 21.0. The number of rotatable bonds is 3. The van der Waals surface area contributed by atoms with Crippen molar-refractivity contribution < 1.29 is 14.3 Å². The number of benzene rings is 1. The molecule has 1 aliphatic rings.